The second-order valence-corrected chi connectivity index (χ2v) is 13.6. The number of nitrogens with one attached hydrogen (secondary N) is 1. The molecule has 1 N–H and O–H groups in total. The maximum absolute atomic E-state index is 6.43. The van der Waals surface area contributed by atoms with Crippen LogP contribution < -0.4 is 10.1 Å². The smallest absolute Gasteiger partial charge is 0.196 e. The number of nitrogens with zero attached hydrogens (tertiary/aromatic N) is 3. The molecule has 0 amide bonds. The largest absolute Gasteiger partial charge is 0.464 e. The summed E-state index contributed by atoms with van der Waals surface area (Å²) in [7, 11) is 0. The number of ether oxygens (including phenoxy) is 1. The molecule has 0 aliphatic carbocycles. The Kier molecular flexibility index (Phi) is 6.67. The fraction of sp³-hybridized carbons (Fsp3) is 0.0227. The van der Waals surface area contributed by atoms with Gasteiger partial charge in [0.2, 0.25) is 0 Å². The highest BCUT2D eigenvalue weighted by Gasteiger charge is 2.26. The zero-order valence-electron chi connectivity index (χ0n) is 26.7. The van der Waals surface area contributed by atoms with Gasteiger partial charge in [-0.2, -0.15) is 0 Å². The molecule has 1 aliphatic rings. The number of hydrogen-bond acceptors (Lipinski definition) is 6. The molecule has 10 rings (SSSR count). The molecule has 0 fully saturated rings. The number of rotatable bonds is 5. The van der Waals surface area contributed by atoms with Crippen molar-refractivity contribution in [2.24, 2.45) is 0 Å². The zero-order chi connectivity index (χ0) is 33.0. The summed E-state index contributed by atoms with van der Waals surface area (Å²) in [6.07, 6.45) is -0.222. The molecule has 50 heavy (non-hydrogen) atoms. The lowest BCUT2D eigenvalue weighted by Gasteiger charge is -2.11. The van der Waals surface area contributed by atoms with Gasteiger partial charge in [-0.1, -0.05) is 133 Å². The second kappa shape index (κ2) is 11.7. The predicted octanol–water partition coefficient (Wildman–Crippen LogP) is 11.6. The summed E-state index contributed by atoms with van der Waals surface area (Å²) in [5.41, 5.74) is 7.25. The van der Waals surface area contributed by atoms with E-state index in [2.05, 4.69) is 115 Å². The first kappa shape index (κ1) is 28.6. The van der Waals surface area contributed by atoms with Gasteiger partial charge in [0.05, 0.1) is 5.69 Å². The van der Waals surface area contributed by atoms with E-state index < -0.39 is 0 Å². The van der Waals surface area contributed by atoms with Crippen LogP contribution in [0.1, 0.15) is 11.8 Å². The first-order valence-corrected chi connectivity index (χ1v) is 17.4. The molecule has 1 aliphatic heterocycles. The van der Waals surface area contributed by atoms with Crippen molar-refractivity contribution in [1.29, 1.82) is 0 Å². The summed E-state index contributed by atoms with van der Waals surface area (Å²) in [6, 6.07) is 54.7. The third-order valence-electron chi connectivity index (χ3n) is 9.37. The molecular weight excluding hydrogens is 633 g/mol. The molecule has 5 nitrogen and oxygen atoms in total. The molecule has 9 aromatic rings. The van der Waals surface area contributed by atoms with E-state index in [9.17, 15) is 0 Å². The van der Waals surface area contributed by atoms with Gasteiger partial charge in [-0.25, -0.2) is 15.0 Å². The Hall–Kier alpha value is -6.37. The molecule has 2 aromatic heterocycles. The summed E-state index contributed by atoms with van der Waals surface area (Å²) < 4.78 is 8.78. The number of benzene rings is 7. The average Bonchev–Trinajstić information content (AvgIpc) is 3.78. The highest BCUT2D eigenvalue weighted by molar-refractivity contribution is 7.26. The topological polar surface area (TPSA) is 59.9 Å². The van der Waals surface area contributed by atoms with Crippen LogP contribution in [-0.4, -0.2) is 15.0 Å². The minimum Gasteiger partial charge on any atom is -0.464 e. The summed E-state index contributed by atoms with van der Waals surface area (Å²) in [5, 5.41) is 8.26. The van der Waals surface area contributed by atoms with Crippen LogP contribution in [0.4, 0.5) is 5.69 Å². The van der Waals surface area contributed by atoms with E-state index >= 15 is 0 Å². The molecule has 3 heterocycles. The van der Waals surface area contributed by atoms with Crippen molar-refractivity contribution in [2.45, 2.75) is 6.23 Å². The van der Waals surface area contributed by atoms with E-state index in [4.69, 9.17) is 19.7 Å². The monoisotopic (exact) mass is 660 g/mol. The van der Waals surface area contributed by atoms with Crippen molar-refractivity contribution in [1.82, 2.24) is 15.0 Å². The van der Waals surface area contributed by atoms with Gasteiger partial charge in [0.15, 0.2) is 23.7 Å². The molecule has 0 spiro atoms. The van der Waals surface area contributed by atoms with E-state index in [0.717, 1.165) is 50.0 Å². The van der Waals surface area contributed by atoms with Crippen molar-refractivity contribution in [3.63, 3.8) is 0 Å². The Morgan fingerprint density at radius 3 is 1.96 bits per heavy atom. The van der Waals surface area contributed by atoms with Crippen LogP contribution >= 0.6 is 11.3 Å². The van der Waals surface area contributed by atoms with Crippen molar-refractivity contribution in [2.75, 3.05) is 5.32 Å². The second-order valence-electron chi connectivity index (χ2n) is 12.5. The lowest BCUT2D eigenvalue weighted by molar-refractivity contribution is 0.260. The van der Waals surface area contributed by atoms with Gasteiger partial charge in [0.1, 0.15) is 5.75 Å². The number of anilines is 1. The lowest BCUT2D eigenvalue weighted by atomic mass is 10.00. The molecule has 0 radical (unpaired) electrons. The van der Waals surface area contributed by atoms with Crippen LogP contribution in [0, 0.1) is 0 Å². The Morgan fingerprint density at radius 2 is 1.16 bits per heavy atom. The lowest BCUT2D eigenvalue weighted by Crippen LogP contribution is -2.09. The third kappa shape index (κ3) is 4.97. The van der Waals surface area contributed by atoms with Gasteiger partial charge in [0.25, 0.3) is 0 Å². The number of aromatic nitrogens is 3. The van der Waals surface area contributed by atoms with Gasteiger partial charge in [-0.15, -0.1) is 11.3 Å². The first-order valence-electron chi connectivity index (χ1n) is 16.6. The molecule has 1 atom stereocenters. The summed E-state index contributed by atoms with van der Waals surface area (Å²) in [6.45, 7) is 0. The Bertz CT molecular complexity index is 2710. The molecule has 0 saturated carbocycles. The Labute approximate surface area is 292 Å². The van der Waals surface area contributed by atoms with Crippen LogP contribution in [0.5, 0.6) is 5.75 Å². The molecule has 1 unspecified atom stereocenters. The Balaban J connectivity index is 1.09. The van der Waals surface area contributed by atoms with E-state index in [1.54, 1.807) is 11.3 Å². The van der Waals surface area contributed by atoms with E-state index in [0.29, 0.717) is 17.5 Å². The van der Waals surface area contributed by atoms with Crippen LogP contribution in [0.3, 0.4) is 0 Å². The first-order chi connectivity index (χ1) is 24.7. The quantitative estimate of drug-likeness (QED) is 0.199. The third-order valence-corrected chi connectivity index (χ3v) is 10.5. The number of hydrogen-bond donors (Lipinski definition) is 1. The summed E-state index contributed by atoms with van der Waals surface area (Å²) in [5.74, 6) is 2.75. The molecule has 236 valence electrons. The van der Waals surface area contributed by atoms with Gasteiger partial charge >= 0.3 is 0 Å². The van der Waals surface area contributed by atoms with Crippen molar-refractivity contribution >= 4 is 48.0 Å². The van der Waals surface area contributed by atoms with Crippen LogP contribution in [0.25, 0.3) is 76.2 Å². The van der Waals surface area contributed by atoms with Crippen LogP contribution in [-0.2, 0) is 0 Å². The van der Waals surface area contributed by atoms with Crippen LogP contribution in [0.15, 0.2) is 158 Å². The summed E-state index contributed by atoms with van der Waals surface area (Å²) >= 11 is 1.77. The molecule has 0 bridgehead atoms. The standard InChI is InChI=1S/C44H28N4OS/c1-3-11-29(12-4-1)41-46-42(30-21-18-28(19-22-30)33-23-20-27-10-7-8-15-32(27)24-33)48-43(47-41)34-16-9-17-38-40(34)35-25-37-36(26-39(35)50-38)45-44(49-37)31-13-5-2-6-14-31/h1-26,44-45H. The van der Waals surface area contributed by atoms with Gasteiger partial charge in [0, 0.05) is 42.4 Å². The molecular formula is C44H28N4OS. The molecule has 7 aromatic carbocycles. The van der Waals surface area contributed by atoms with Gasteiger partial charge in [-0.05, 0) is 46.2 Å². The van der Waals surface area contributed by atoms with Gasteiger partial charge < -0.3 is 10.1 Å². The fourth-order valence-electron chi connectivity index (χ4n) is 6.85. The van der Waals surface area contributed by atoms with Crippen molar-refractivity contribution in [3.8, 4) is 51.0 Å². The van der Waals surface area contributed by atoms with Crippen LogP contribution in [0.2, 0.25) is 0 Å². The van der Waals surface area contributed by atoms with Gasteiger partial charge in [-0.3, -0.25) is 0 Å². The molecule has 0 saturated heterocycles. The predicted molar refractivity (Wildman–Crippen MR) is 205 cm³/mol. The number of thiophene rings is 1. The molecule has 6 heteroatoms. The van der Waals surface area contributed by atoms with E-state index in [1.165, 1.54) is 25.7 Å². The Morgan fingerprint density at radius 1 is 0.500 bits per heavy atom. The maximum atomic E-state index is 6.43. The van der Waals surface area contributed by atoms with E-state index in [-0.39, 0.29) is 6.23 Å². The highest BCUT2D eigenvalue weighted by atomic mass is 32.1. The maximum Gasteiger partial charge on any atom is 0.196 e. The van der Waals surface area contributed by atoms with Crippen molar-refractivity contribution < 1.29 is 4.74 Å². The summed E-state index contributed by atoms with van der Waals surface area (Å²) in [4.78, 5) is 15.2. The minimum atomic E-state index is -0.222. The fourth-order valence-corrected chi connectivity index (χ4v) is 8.00. The SMILES string of the molecule is c1ccc(-c2nc(-c3ccc(-c4ccc5ccccc5c4)cc3)nc(-c3cccc4sc5cc6c(cc5c34)OC(c3ccccc3)N6)n2)cc1. The highest BCUT2D eigenvalue weighted by Crippen LogP contribution is 2.47. The zero-order valence-corrected chi connectivity index (χ0v) is 27.6. The minimum absolute atomic E-state index is 0.222. The normalized spacial score (nSPS) is 13.7. The van der Waals surface area contributed by atoms with Crippen molar-refractivity contribution in [3.05, 3.63) is 163 Å². The van der Waals surface area contributed by atoms with E-state index in [1.807, 2.05) is 48.5 Å². The number of fused-ring (bicyclic) bond motifs is 5. The average molecular weight is 661 g/mol.